The van der Waals surface area contributed by atoms with E-state index in [0.29, 0.717) is 26.2 Å². The van der Waals surface area contributed by atoms with Crippen molar-refractivity contribution in [1.82, 2.24) is 4.90 Å². The number of rotatable bonds is 4. The number of methoxy groups -OCH3 is 1. The molecule has 5 nitrogen and oxygen atoms in total. The van der Waals surface area contributed by atoms with Crippen molar-refractivity contribution in [3.05, 3.63) is 35.9 Å². The van der Waals surface area contributed by atoms with Crippen LogP contribution in [0.1, 0.15) is 11.7 Å². The largest absolute Gasteiger partial charge is 0.467 e. The molecule has 5 heteroatoms. The highest BCUT2D eigenvalue weighted by Gasteiger charge is 2.28. The molecule has 0 radical (unpaired) electrons. The predicted molar refractivity (Wildman–Crippen MR) is 69.6 cm³/mol. The lowest BCUT2D eigenvalue weighted by Crippen LogP contribution is -2.47. The van der Waals surface area contributed by atoms with E-state index < -0.39 is 12.2 Å². The van der Waals surface area contributed by atoms with E-state index in [-0.39, 0.29) is 5.97 Å². The Labute approximate surface area is 112 Å². The van der Waals surface area contributed by atoms with Crippen LogP contribution >= 0.6 is 0 Å². The summed E-state index contributed by atoms with van der Waals surface area (Å²) >= 11 is 0. The molecule has 104 valence electrons. The van der Waals surface area contributed by atoms with Gasteiger partial charge >= 0.3 is 5.97 Å². The van der Waals surface area contributed by atoms with Gasteiger partial charge in [0.2, 0.25) is 0 Å². The maximum absolute atomic E-state index is 11.4. The molecule has 0 aromatic heterocycles. The molecule has 0 bridgehead atoms. The maximum atomic E-state index is 11.4. The lowest BCUT2D eigenvalue weighted by molar-refractivity contribution is -0.160. The zero-order valence-electron chi connectivity index (χ0n) is 11.0. The van der Waals surface area contributed by atoms with Crippen LogP contribution in [0.4, 0.5) is 0 Å². The summed E-state index contributed by atoms with van der Waals surface area (Å²) in [4.78, 5) is 13.4. The number of hydrogen-bond donors (Lipinski definition) is 1. The van der Waals surface area contributed by atoms with Crippen LogP contribution in [0, 0.1) is 0 Å². The van der Waals surface area contributed by atoms with Crippen LogP contribution in [0.5, 0.6) is 0 Å². The maximum Gasteiger partial charge on any atom is 0.336 e. The molecule has 1 fully saturated rings. The number of hydrogen-bond acceptors (Lipinski definition) is 5. The molecule has 19 heavy (non-hydrogen) atoms. The number of nitrogens with zero attached hydrogens (tertiary/aromatic N) is 1. The van der Waals surface area contributed by atoms with E-state index in [1.54, 1.807) is 0 Å². The molecule has 2 rings (SSSR count). The highest BCUT2D eigenvalue weighted by atomic mass is 16.6. The zero-order valence-corrected chi connectivity index (χ0v) is 11.0. The number of aliphatic hydroxyl groups excluding tert-OH is 1. The van der Waals surface area contributed by atoms with Gasteiger partial charge in [-0.1, -0.05) is 30.3 Å². The summed E-state index contributed by atoms with van der Waals surface area (Å²) in [6.07, 6.45) is -1.11. The van der Waals surface area contributed by atoms with Crippen LogP contribution < -0.4 is 0 Å². The molecule has 1 saturated heterocycles. The first kappa shape index (κ1) is 14.0. The third-order valence-corrected chi connectivity index (χ3v) is 3.23. The van der Waals surface area contributed by atoms with Gasteiger partial charge in [0.1, 0.15) is 0 Å². The van der Waals surface area contributed by atoms with Gasteiger partial charge in [-0.05, 0) is 5.56 Å². The Bertz CT molecular complexity index is 409. The molecular formula is C14H19NO4. The Kier molecular flexibility index (Phi) is 4.90. The van der Waals surface area contributed by atoms with E-state index >= 15 is 0 Å². The average molecular weight is 265 g/mol. The predicted octanol–water partition coefficient (Wildman–Crippen LogP) is 0.594. The molecule has 0 aliphatic carbocycles. The fraction of sp³-hybridized carbons (Fsp3) is 0.500. The Balaban J connectivity index is 1.90. The monoisotopic (exact) mass is 265 g/mol. The molecule has 0 amide bonds. The van der Waals surface area contributed by atoms with Gasteiger partial charge in [0.05, 0.1) is 19.8 Å². The molecule has 1 aromatic rings. The summed E-state index contributed by atoms with van der Waals surface area (Å²) in [5.41, 5.74) is 0.878. The summed E-state index contributed by atoms with van der Waals surface area (Å²) in [6, 6.07) is 9.49. The minimum Gasteiger partial charge on any atom is -0.467 e. The average Bonchev–Trinajstić information content (AvgIpc) is 2.47. The smallest absolute Gasteiger partial charge is 0.336 e. The number of ether oxygens (including phenoxy) is 2. The first-order chi connectivity index (χ1) is 9.20. The van der Waals surface area contributed by atoms with Crippen molar-refractivity contribution in [2.45, 2.75) is 12.2 Å². The summed E-state index contributed by atoms with van der Waals surface area (Å²) < 4.78 is 10.0. The third kappa shape index (κ3) is 3.76. The Morgan fingerprint density at radius 1 is 1.53 bits per heavy atom. The normalized spacial score (nSPS) is 21.9. The highest BCUT2D eigenvalue weighted by Crippen LogP contribution is 2.16. The van der Waals surface area contributed by atoms with Crippen molar-refractivity contribution in [1.29, 1.82) is 0 Å². The molecule has 1 aliphatic heterocycles. The minimum absolute atomic E-state index is 0.362. The second kappa shape index (κ2) is 6.65. The Hall–Kier alpha value is -1.43. The lowest BCUT2D eigenvalue weighted by Gasteiger charge is -2.32. The Morgan fingerprint density at radius 3 is 2.95 bits per heavy atom. The lowest BCUT2D eigenvalue weighted by atomic mass is 10.1. The van der Waals surface area contributed by atoms with Crippen molar-refractivity contribution < 1.29 is 19.4 Å². The van der Waals surface area contributed by atoms with Gasteiger partial charge in [0.15, 0.2) is 6.10 Å². The third-order valence-electron chi connectivity index (χ3n) is 3.23. The molecule has 0 saturated carbocycles. The van der Waals surface area contributed by atoms with Gasteiger partial charge in [0, 0.05) is 19.6 Å². The van der Waals surface area contributed by atoms with E-state index in [1.165, 1.54) is 7.11 Å². The summed E-state index contributed by atoms with van der Waals surface area (Å²) in [6.45, 7) is 2.12. The Morgan fingerprint density at radius 2 is 2.26 bits per heavy atom. The van der Waals surface area contributed by atoms with E-state index in [2.05, 4.69) is 4.74 Å². The minimum atomic E-state index is -0.558. The van der Waals surface area contributed by atoms with Crippen LogP contribution in [-0.2, 0) is 14.3 Å². The van der Waals surface area contributed by atoms with Gasteiger partial charge in [-0.15, -0.1) is 0 Å². The van der Waals surface area contributed by atoms with Crippen LogP contribution in [0.2, 0.25) is 0 Å². The highest BCUT2D eigenvalue weighted by molar-refractivity contribution is 5.74. The van der Waals surface area contributed by atoms with Gasteiger partial charge < -0.3 is 14.6 Å². The molecule has 1 aliphatic rings. The number of esters is 1. The fourth-order valence-electron chi connectivity index (χ4n) is 2.17. The van der Waals surface area contributed by atoms with Crippen molar-refractivity contribution >= 4 is 5.97 Å². The van der Waals surface area contributed by atoms with Gasteiger partial charge in [0.25, 0.3) is 0 Å². The summed E-state index contributed by atoms with van der Waals surface area (Å²) in [5.74, 6) is -0.362. The van der Waals surface area contributed by atoms with Crippen LogP contribution in [0.25, 0.3) is 0 Å². The van der Waals surface area contributed by atoms with Gasteiger partial charge in [-0.25, -0.2) is 4.79 Å². The molecule has 1 aromatic carbocycles. The number of morpholine rings is 1. The number of β-amino-alcohol motifs (C(OH)–C–C–N with tert-alkyl or cyclic N) is 1. The second-order valence-corrected chi connectivity index (χ2v) is 4.57. The molecule has 0 spiro atoms. The first-order valence-corrected chi connectivity index (χ1v) is 6.35. The topological polar surface area (TPSA) is 59.0 Å². The van der Waals surface area contributed by atoms with Crippen molar-refractivity contribution in [3.8, 4) is 0 Å². The van der Waals surface area contributed by atoms with E-state index in [1.807, 2.05) is 35.2 Å². The number of benzene rings is 1. The fourth-order valence-corrected chi connectivity index (χ4v) is 2.17. The number of aliphatic hydroxyl groups is 1. The number of carbonyl (C=O) groups is 1. The quantitative estimate of drug-likeness (QED) is 0.808. The first-order valence-electron chi connectivity index (χ1n) is 6.35. The SMILES string of the molecule is COC(=O)C1CN(CC(O)c2ccccc2)CCO1. The molecule has 1 N–H and O–H groups in total. The van der Waals surface area contributed by atoms with Crippen molar-refractivity contribution in [2.24, 2.45) is 0 Å². The molecule has 2 atom stereocenters. The molecular weight excluding hydrogens is 246 g/mol. The standard InChI is InChI=1S/C14H19NO4/c1-18-14(17)13-10-15(7-8-19-13)9-12(16)11-5-3-2-4-6-11/h2-6,12-13,16H,7-10H2,1H3. The molecule has 2 unspecified atom stereocenters. The van der Waals surface area contributed by atoms with Crippen molar-refractivity contribution in [2.75, 3.05) is 33.4 Å². The van der Waals surface area contributed by atoms with Crippen LogP contribution in [0.3, 0.4) is 0 Å². The van der Waals surface area contributed by atoms with E-state index in [0.717, 1.165) is 5.56 Å². The van der Waals surface area contributed by atoms with Gasteiger partial charge in [-0.3, -0.25) is 4.90 Å². The van der Waals surface area contributed by atoms with Crippen LogP contribution in [0.15, 0.2) is 30.3 Å². The van der Waals surface area contributed by atoms with E-state index in [9.17, 15) is 9.90 Å². The zero-order chi connectivity index (χ0) is 13.7. The van der Waals surface area contributed by atoms with Crippen molar-refractivity contribution in [3.63, 3.8) is 0 Å². The number of carbonyl (C=O) groups excluding carboxylic acids is 1. The summed E-state index contributed by atoms with van der Waals surface area (Å²) in [5, 5.41) is 10.2. The van der Waals surface area contributed by atoms with E-state index in [4.69, 9.17) is 4.74 Å². The van der Waals surface area contributed by atoms with Crippen LogP contribution in [-0.4, -0.2) is 55.4 Å². The molecule has 1 heterocycles. The summed E-state index contributed by atoms with van der Waals surface area (Å²) in [7, 11) is 1.35. The second-order valence-electron chi connectivity index (χ2n) is 4.57. The van der Waals surface area contributed by atoms with Gasteiger partial charge in [-0.2, -0.15) is 0 Å².